The molecule has 6 aliphatic heterocycles. The zero-order chi connectivity index (χ0) is 35.7. The second-order valence-corrected chi connectivity index (χ2v) is 14.7. The lowest BCUT2D eigenvalue weighted by atomic mass is 10.1. The number of aliphatic hydroxyl groups excluding tert-OH is 1. The van der Waals surface area contributed by atoms with Crippen molar-refractivity contribution in [3.05, 3.63) is 0 Å². The third-order valence-corrected chi connectivity index (χ3v) is 11.5. The van der Waals surface area contributed by atoms with Crippen molar-refractivity contribution in [1.29, 1.82) is 0 Å². The van der Waals surface area contributed by atoms with Gasteiger partial charge in [0.05, 0.1) is 12.1 Å². The van der Waals surface area contributed by atoms with E-state index in [9.17, 15) is 43.8 Å². The molecule has 0 spiro atoms. The van der Waals surface area contributed by atoms with Crippen molar-refractivity contribution in [2.24, 2.45) is 0 Å². The molecule has 0 aromatic heterocycles. The molecule has 6 heterocycles. The van der Waals surface area contributed by atoms with Crippen molar-refractivity contribution in [3.63, 3.8) is 0 Å². The van der Waals surface area contributed by atoms with E-state index in [1.54, 1.807) is 4.90 Å². The normalized spacial score (nSPS) is 31.0. The lowest BCUT2D eigenvalue weighted by molar-refractivity contribution is -0.154. The Kier molecular flexibility index (Phi) is 11.0. The number of likely N-dealkylation sites (tertiary alicyclic amines) is 5. The Labute approximate surface area is 291 Å². The number of nitrogens with one attached hydrogen (secondary N) is 2. The van der Waals surface area contributed by atoms with Gasteiger partial charge in [0.15, 0.2) is 0 Å². The molecule has 4 N–H and O–H groups in total. The van der Waals surface area contributed by atoms with E-state index in [1.807, 2.05) is 0 Å². The van der Waals surface area contributed by atoms with Gasteiger partial charge in [-0.15, -0.1) is 0 Å². The number of carbonyl (C=O) groups excluding carboxylic acids is 6. The Morgan fingerprint density at radius 3 is 1.46 bits per heavy atom. The van der Waals surface area contributed by atoms with E-state index < -0.39 is 60.1 Å². The van der Waals surface area contributed by atoms with Crippen LogP contribution in [0, 0.1) is 0 Å². The number of carboxylic acids is 1. The molecule has 6 rings (SSSR count). The van der Waals surface area contributed by atoms with E-state index in [0.29, 0.717) is 96.8 Å². The van der Waals surface area contributed by atoms with Gasteiger partial charge < -0.3 is 45.3 Å². The van der Waals surface area contributed by atoms with Crippen molar-refractivity contribution in [3.8, 4) is 0 Å². The van der Waals surface area contributed by atoms with Crippen LogP contribution in [-0.4, -0.2) is 164 Å². The maximum absolute atomic E-state index is 14.1. The molecule has 6 aliphatic rings. The minimum atomic E-state index is -1.33. The fraction of sp³-hybridized carbons (Fsp3) is 0.794. The SMILES string of the molecule is C[C@@H](O)[C@H](NC(=O)[C@@H]1CCCN1C(=O)[C@@H]1CCCN1)C(=O)N1CCC[C@H]1C(=O)N1CCC[C@H]1C(=O)N1CCC[C@H]1C(=O)N1CCC[C@H]1C(=O)O. The molecule has 50 heavy (non-hydrogen) atoms. The van der Waals surface area contributed by atoms with E-state index in [1.165, 1.54) is 26.5 Å². The third kappa shape index (κ3) is 6.92. The minimum absolute atomic E-state index is 0.134. The van der Waals surface area contributed by atoms with Gasteiger partial charge in [0.25, 0.3) is 0 Å². The number of carbonyl (C=O) groups is 7. The lowest BCUT2D eigenvalue weighted by Crippen LogP contribution is -2.61. The fourth-order valence-electron chi connectivity index (χ4n) is 8.94. The summed E-state index contributed by atoms with van der Waals surface area (Å²) in [5.41, 5.74) is 0. The number of hydrogen-bond donors (Lipinski definition) is 4. The number of aliphatic carboxylic acids is 1. The van der Waals surface area contributed by atoms with Gasteiger partial charge >= 0.3 is 5.97 Å². The summed E-state index contributed by atoms with van der Waals surface area (Å²) in [6.45, 7) is 3.81. The molecular formula is C34H51N7O9. The van der Waals surface area contributed by atoms with Gasteiger partial charge in [0, 0.05) is 32.7 Å². The Bertz CT molecular complexity index is 1370. The molecular weight excluding hydrogens is 650 g/mol. The first-order valence-electron chi connectivity index (χ1n) is 18.5. The number of amides is 6. The average Bonchev–Trinajstić information content (AvgIpc) is 3.96. The van der Waals surface area contributed by atoms with Gasteiger partial charge in [-0.25, -0.2) is 4.79 Å². The summed E-state index contributed by atoms with van der Waals surface area (Å²) in [7, 11) is 0. The first-order valence-corrected chi connectivity index (χ1v) is 18.5. The highest BCUT2D eigenvalue weighted by atomic mass is 16.4. The van der Waals surface area contributed by atoms with Crippen LogP contribution in [0.25, 0.3) is 0 Å². The largest absolute Gasteiger partial charge is 0.480 e. The first-order chi connectivity index (χ1) is 24.0. The molecule has 16 nitrogen and oxygen atoms in total. The van der Waals surface area contributed by atoms with Gasteiger partial charge in [-0.2, -0.15) is 0 Å². The average molecular weight is 702 g/mol. The van der Waals surface area contributed by atoms with Crippen molar-refractivity contribution >= 4 is 41.4 Å². The van der Waals surface area contributed by atoms with Crippen molar-refractivity contribution in [1.82, 2.24) is 35.1 Å². The molecule has 8 atom stereocenters. The van der Waals surface area contributed by atoms with E-state index in [4.69, 9.17) is 0 Å². The first kappa shape index (κ1) is 36.0. The molecule has 0 saturated carbocycles. The van der Waals surface area contributed by atoms with Gasteiger partial charge in [-0.1, -0.05) is 0 Å². The van der Waals surface area contributed by atoms with Crippen LogP contribution in [0.4, 0.5) is 0 Å². The zero-order valence-electron chi connectivity index (χ0n) is 28.8. The maximum atomic E-state index is 14.1. The zero-order valence-corrected chi connectivity index (χ0v) is 28.8. The summed E-state index contributed by atoms with van der Waals surface area (Å²) in [6.07, 6.45) is 5.25. The van der Waals surface area contributed by atoms with Gasteiger partial charge in [0.2, 0.25) is 35.4 Å². The van der Waals surface area contributed by atoms with E-state index >= 15 is 0 Å². The molecule has 6 amide bonds. The number of hydrogen-bond acceptors (Lipinski definition) is 9. The van der Waals surface area contributed by atoms with Crippen LogP contribution in [0.15, 0.2) is 0 Å². The van der Waals surface area contributed by atoms with Crippen molar-refractivity contribution in [2.75, 3.05) is 39.3 Å². The number of aliphatic hydroxyl groups is 1. The number of carboxylic acid groups (broad SMARTS) is 1. The Morgan fingerprint density at radius 1 is 0.580 bits per heavy atom. The molecule has 0 aromatic carbocycles. The summed E-state index contributed by atoms with van der Waals surface area (Å²) in [5, 5.41) is 26.2. The Morgan fingerprint density at radius 2 is 1.00 bits per heavy atom. The summed E-state index contributed by atoms with van der Waals surface area (Å²) < 4.78 is 0. The predicted octanol–water partition coefficient (Wildman–Crippen LogP) is -1.36. The monoisotopic (exact) mass is 701 g/mol. The topological polar surface area (TPSA) is 200 Å². The van der Waals surface area contributed by atoms with Gasteiger partial charge in [0.1, 0.15) is 36.3 Å². The molecule has 6 saturated heterocycles. The molecule has 16 heteroatoms. The molecule has 6 fully saturated rings. The second kappa shape index (κ2) is 15.2. The predicted molar refractivity (Wildman–Crippen MR) is 176 cm³/mol. The number of rotatable bonds is 9. The van der Waals surface area contributed by atoms with E-state index in [-0.39, 0.29) is 36.2 Å². The molecule has 0 unspecified atom stereocenters. The summed E-state index contributed by atoms with van der Waals surface area (Å²) >= 11 is 0. The molecule has 0 radical (unpaired) electrons. The van der Waals surface area contributed by atoms with Crippen LogP contribution in [0.1, 0.15) is 84.0 Å². The van der Waals surface area contributed by atoms with Crippen LogP contribution in [0.3, 0.4) is 0 Å². The molecule has 0 aliphatic carbocycles. The van der Waals surface area contributed by atoms with Crippen molar-refractivity contribution < 1.29 is 43.8 Å². The standard InChI is InChI=1S/C34H51N7O9/c1-20(42)27(36-28(43)22-9-3-15-37(22)29(44)21-8-2-14-35-21)33(48)40-18-6-12-25(40)31(46)38-16-4-10-23(38)30(45)39-17-5-11-24(39)32(47)41-19-7-13-26(41)34(49)50/h20-27,35,42H,2-19H2,1H3,(H,36,43)(H,49,50)/t20-,21+,22+,23+,24+,25+,26+,27+/m1/s1. The quantitative estimate of drug-likeness (QED) is 0.223. The summed E-state index contributed by atoms with van der Waals surface area (Å²) in [5.74, 6) is -3.39. The molecule has 0 bridgehead atoms. The highest BCUT2D eigenvalue weighted by Gasteiger charge is 2.49. The highest BCUT2D eigenvalue weighted by Crippen LogP contribution is 2.31. The van der Waals surface area contributed by atoms with E-state index in [2.05, 4.69) is 10.6 Å². The lowest BCUT2D eigenvalue weighted by Gasteiger charge is -2.36. The highest BCUT2D eigenvalue weighted by molar-refractivity contribution is 5.98. The van der Waals surface area contributed by atoms with Gasteiger partial charge in [-0.05, 0) is 90.5 Å². The molecule has 276 valence electrons. The van der Waals surface area contributed by atoms with Gasteiger partial charge in [-0.3, -0.25) is 28.8 Å². The smallest absolute Gasteiger partial charge is 0.326 e. The second-order valence-electron chi connectivity index (χ2n) is 14.7. The van der Waals surface area contributed by atoms with E-state index in [0.717, 1.165) is 13.0 Å². The van der Waals surface area contributed by atoms with Crippen LogP contribution >= 0.6 is 0 Å². The summed E-state index contributed by atoms with van der Waals surface area (Å²) in [4.78, 5) is 101. The van der Waals surface area contributed by atoms with Crippen molar-refractivity contribution in [2.45, 2.75) is 132 Å². The maximum Gasteiger partial charge on any atom is 0.326 e. The third-order valence-electron chi connectivity index (χ3n) is 11.5. The Hall–Kier alpha value is -3.79. The fourth-order valence-corrected chi connectivity index (χ4v) is 8.94. The Balaban J connectivity index is 1.11. The van der Waals surface area contributed by atoms with Crippen LogP contribution < -0.4 is 10.6 Å². The van der Waals surface area contributed by atoms with Crippen LogP contribution in [0.2, 0.25) is 0 Å². The summed E-state index contributed by atoms with van der Waals surface area (Å²) in [6, 6.07) is -5.79. The van der Waals surface area contributed by atoms with Crippen LogP contribution in [0.5, 0.6) is 0 Å². The molecule has 0 aromatic rings. The number of nitrogens with zero attached hydrogens (tertiary/aromatic N) is 5. The minimum Gasteiger partial charge on any atom is -0.480 e. The van der Waals surface area contributed by atoms with Crippen LogP contribution in [-0.2, 0) is 33.6 Å².